The Balaban J connectivity index is 1.46. The molecule has 2 N–H and O–H groups in total. The van der Waals surface area contributed by atoms with Gasteiger partial charge in [0.1, 0.15) is 23.4 Å². The molecule has 0 bridgehead atoms. The highest BCUT2D eigenvalue weighted by Crippen LogP contribution is 2.46. The summed E-state index contributed by atoms with van der Waals surface area (Å²) >= 11 is 0. The maximum atomic E-state index is 12.3. The molecule has 0 aromatic carbocycles. The highest BCUT2D eigenvalue weighted by molar-refractivity contribution is 5.87. The zero-order valence-corrected chi connectivity index (χ0v) is 24.3. The second kappa shape index (κ2) is 12.0. The molecule has 38 heavy (non-hydrogen) atoms. The van der Waals surface area contributed by atoms with E-state index in [4.69, 9.17) is 18.9 Å². The topological polar surface area (TPSA) is 107 Å². The average molecular weight is 534 g/mol. The Morgan fingerprint density at radius 2 is 1.87 bits per heavy atom. The van der Waals surface area contributed by atoms with Gasteiger partial charge in [0.25, 0.3) is 0 Å². The van der Waals surface area contributed by atoms with Gasteiger partial charge in [0.15, 0.2) is 0 Å². The minimum absolute atomic E-state index is 0.0185. The Morgan fingerprint density at radius 3 is 2.50 bits per heavy atom. The monoisotopic (exact) mass is 533 g/mol. The molecule has 3 rings (SSSR count). The van der Waals surface area contributed by atoms with E-state index in [1.807, 2.05) is 32.9 Å². The molecule has 3 heterocycles. The lowest BCUT2D eigenvalue weighted by molar-refractivity contribution is -0.171. The molecule has 3 fully saturated rings. The van der Waals surface area contributed by atoms with Crippen molar-refractivity contribution < 1.29 is 33.6 Å². The fraction of sp³-hybridized carbons (Fsp3) is 0.733. The van der Waals surface area contributed by atoms with E-state index in [-0.39, 0.29) is 35.6 Å². The number of aliphatic hydroxyl groups excluding tert-OH is 1. The number of esters is 1. The molecule has 0 radical (unpaired) electrons. The molecule has 3 saturated heterocycles. The molecule has 8 heteroatoms. The molecular formula is C30H47NO7. The van der Waals surface area contributed by atoms with Crippen LogP contribution in [0.3, 0.4) is 0 Å². The van der Waals surface area contributed by atoms with Gasteiger partial charge in [-0.1, -0.05) is 30.7 Å². The Morgan fingerprint density at radius 1 is 1.18 bits per heavy atom. The number of hydrogen-bond acceptors (Lipinski definition) is 7. The van der Waals surface area contributed by atoms with E-state index >= 15 is 0 Å². The van der Waals surface area contributed by atoms with Crippen LogP contribution in [0.2, 0.25) is 0 Å². The number of rotatable bonds is 9. The molecule has 3 aliphatic heterocycles. The van der Waals surface area contributed by atoms with Crippen molar-refractivity contribution in [3.8, 4) is 0 Å². The Bertz CT molecular complexity index is 946. The summed E-state index contributed by atoms with van der Waals surface area (Å²) < 4.78 is 23.3. The van der Waals surface area contributed by atoms with E-state index in [0.717, 1.165) is 18.4 Å². The largest absolute Gasteiger partial charge is 0.456 e. The van der Waals surface area contributed by atoms with E-state index in [2.05, 4.69) is 25.2 Å². The zero-order chi connectivity index (χ0) is 28.3. The van der Waals surface area contributed by atoms with Crippen LogP contribution in [0.5, 0.6) is 0 Å². The van der Waals surface area contributed by atoms with E-state index in [1.165, 1.54) is 13.0 Å². The number of ether oxygens (including phenoxy) is 4. The molecule has 1 amide bonds. The molecule has 7 atom stereocenters. The van der Waals surface area contributed by atoms with Gasteiger partial charge in [-0.3, -0.25) is 9.59 Å². The standard InChI is InChI=1S/C30H47NO7/c1-19(10-12-25-27(34)30(18-35-30)17-29(7,8)38-25)9-11-24-20(2)15-23(21(3)36-24)16-31-26(33)13-14-28(5,6)37-22(4)32/h9-10,12-14,20-21,23-25,27,34H,11,15-18H2,1-8H3,(H,31,33)/b12-10+,14-13-,19-9+/t20-,21+,23?,24-,25+,27+,30+/m0/s1. The average Bonchev–Trinajstić information content (AvgIpc) is 3.57. The van der Waals surface area contributed by atoms with Crippen LogP contribution in [0.25, 0.3) is 0 Å². The number of allylic oxidation sites excluding steroid dienone is 2. The summed E-state index contributed by atoms with van der Waals surface area (Å²) in [6.45, 7) is 16.3. The van der Waals surface area contributed by atoms with Crippen LogP contribution < -0.4 is 5.32 Å². The minimum Gasteiger partial charge on any atom is -0.456 e. The molecule has 1 spiro atoms. The first-order valence-electron chi connectivity index (χ1n) is 13.8. The van der Waals surface area contributed by atoms with Crippen LogP contribution in [-0.4, -0.2) is 71.4 Å². The second-order valence-electron chi connectivity index (χ2n) is 12.5. The molecule has 0 aromatic heterocycles. The van der Waals surface area contributed by atoms with Gasteiger partial charge in [-0.05, 0) is 66.4 Å². The summed E-state index contributed by atoms with van der Waals surface area (Å²) in [7, 11) is 0. The summed E-state index contributed by atoms with van der Waals surface area (Å²) in [5.74, 6) is -0.0428. The first-order chi connectivity index (χ1) is 17.6. The van der Waals surface area contributed by atoms with Gasteiger partial charge in [0.2, 0.25) is 5.91 Å². The molecule has 8 nitrogen and oxygen atoms in total. The van der Waals surface area contributed by atoms with Crippen molar-refractivity contribution in [1.29, 1.82) is 0 Å². The first kappa shape index (κ1) is 30.5. The third-order valence-electron chi connectivity index (χ3n) is 7.71. The zero-order valence-electron chi connectivity index (χ0n) is 24.3. The summed E-state index contributed by atoms with van der Waals surface area (Å²) in [6, 6.07) is 0. The third kappa shape index (κ3) is 8.50. The van der Waals surface area contributed by atoms with Crippen LogP contribution in [0.15, 0.2) is 36.0 Å². The number of epoxide rings is 1. The fourth-order valence-electron chi connectivity index (χ4n) is 5.58. The van der Waals surface area contributed by atoms with Gasteiger partial charge in [-0.2, -0.15) is 0 Å². The van der Waals surface area contributed by atoms with Gasteiger partial charge < -0.3 is 29.4 Å². The summed E-state index contributed by atoms with van der Waals surface area (Å²) in [5.41, 5.74) is -0.531. The summed E-state index contributed by atoms with van der Waals surface area (Å²) in [6.07, 6.45) is 10.6. The van der Waals surface area contributed by atoms with Gasteiger partial charge in [0, 0.05) is 31.9 Å². The van der Waals surface area contributed by atoms with Crippen molar-refractivity contribution in [3.63, 3.8) is 0 Å². The third-order valence-corrected chi connectivity index (χ3v) is 7.71. The van der Waals surface area contributed by atoms with Gasteiger partial charge in [0.05, 0.1) is 24.4 Å². The van der Waals surface area contributed by atoms with E-state index in [0.29, 0.717) is 25.5 Å². The molecular weight excluding hydrogens is 486 g/mol. The van der Waals surface area contributed by atoms with Gasteiger partial charge >= 0.3 is 5.97 Å². The van der Waals surface area contributed by atoms with Crippen molar-refractivity contribution in [3.05, 3.63) is 36.0 Å². The van der Waals surface area contributed by atoms with Crippen LogP contribution in [0.4, 0.5) is 0 Å². The molecule has 214 valence electrons. The lowest BCUT2D eigenvalue weighted by Gasteiger charge is -2.41. The van der Waals surface area contributed by atoms with E-state index in [9.17, 15) is 14.7 Å². The molecule has 0 aromatic rings. The fourth-order valence-corrected chi connectivity index (χ4v) is 5.58. The highest BCUT2D eigenvalue weighted by Gasteiger charge is 2.60. The maximum absolute atomic E-state index is 12.3. The quantitative estimate of drug-likeness (QED) is 0.200. The maximum Gasteiger partial charge on any atom is 0.303 e. The molecule has 1 unspecified atom stereocenters. The number of aliphatic hydroxyl groups is 1. The number of nitrogens with one attached hydrogen (secondary N) is 1. The van der Waals surface area contributed by atoms with Crippen LogP contribution in [0, 0.1) is 11.8 Å². The molecule has 3 aliphatic rings. The Hall–Kier alpha value is -2.00. The van der Waals surface area contributed by atoms with Crippen molar-refractivity contribution in [2.45, 2.75) is 116 Å². The summed E-state index contributed by atoms with van der Waals surface area (Å²) in [5, 5.41) is 13.7. The smallest absolute Gasteiger partial charge is 0.303 e. The summed E-state index contributed by atoms with van der Waals surface area (Å²) in [4.78, 5) is 23.5. The van der Waals surface area contributed by atoms with E-state index < -0.39 is 23.4 Å². The number of carbonyl (C=O) groups excluding carboxylic acids is 2. The van der Waals surface area contributed by atoms with Crippen molar-refractivity contribution in [2.24, 2.45) is 11.8 Å². The van der Waals surface area contributed by atoms with Gasteiger partial charge in [-0.25, -0.2) is 0 Å². The number of amides is 1. The normalized spacial score (nSPS) is 35.6. The minimum atomic E-state index is -0.833. The lowest BCUT2D eigenvalue weighted by atomic mass is 9.83. The number of carbonyl (C=O) groups is 2. The molecule has 0 aliphatic carbocycles. The first-order valence-corrected chi connectivity index (χ1v) is 13.8. The van der Waals surface area contributed by atoms with Crippen molar-refractivity contribution >= 4 is 11.9 Å². The SMILES string of the molecule is CC(=O)OC(C)(C)/C=C\C(=O)NCC1C[C@H](C)[C@H](C/C=C(C)/C=C/[C@H]2OC(C)(C)C[C@@]3(CO3)[C@@H]2O)O[C@@H]1C. The second-order valence-corrected chi connectivity index (χ2v) is 12.5. The highest BCUT2D eigenvalue weighted by atomic mass is 16.6. The number of hydrogen-bond donors (Lipinski definition) is 2. The Labute approximate surface area is 227 Å². The van der Waals surface area contributed by atoms with Gasteiger partial charge in [-0.15, -0.1) is 0 Å². The molecule has 0 saturated carbocycles. The van der Waals surface area contributed by atoms with Crippen molar-refractivity contribution in [2.75, 3.05) is 13.2 Å². The van der Waals surface area contributed by atoms with E-state index in [1.54, 1.807) is 19.9 Å². The Kier molecular flexibility index (Phi) is 9.67. The lowest BCUT2D eigenvalue weighted by Crippen LogP contribution is -2.53. The van der Waals surface area contributed by atoms with Crippen LogP contribution in [-0.2, 0) is 28.5 Å². The van der Waals surface area contributed by atoms with Crippen LogP contribution >= 0.6 is 0 Å². The predicted octanol–water partition coefficient (Wildman–Crippen LogP) is 4.02. The predicted molar refractivity (Wildman–Crippen MR) is 145 cm³/mol. The van der Waals surface area contributed by atoms with Crippen LogP contribution in [0.1, 0.15) is 74.7 Å². The van der Waals surface area contributed by atoms with Crippen molar-refractivity contribution in [1.82, 2.24) is 5.32 Å².